The normalized spacial score (nSPS) is 16.3. The predicted octanol–water partition coefficient (Wildman–Crippen LogP) is 3.27. The van der Waals surface area contributed by atoms with Gasteiger partial charge in [0.25, 0.3) is 5.91 Å². The van der Waals surface area contributed by atoms with Crippen LogP contribution in [0.1, 0.15) is 35.4 Å². The number of sulfonamides is 1. The Morgan fingerprint density at radius 1 is 1.12 bits per heavy atom. The van der Waals surface area contributed by atoms with Crippen LogP contribution in [0.2, 0.25) is 0 Å². The molecule has 1 aliphatic heterocycles. The van der Waals surface area contributed by atoms with Gasteiger partial charge in [-0.25, -0.2) is 8.42 Å². The molecule has 1 fully saturated rings. The van der Waals surface area contributed by atoms with E-state index in [1.165, 1.54) is 27.9 Å². The molecule has 1 aliphatic rings. The van der Waals surface area contributed by atoms with Gasteiger partial charge in [-0.15, -0.1) is 11.3 Å². The van der Waals surface area contributed by atoms with Crippen molar-refractivity contribution in [2.24, 2.45) is 0 Å². The molecule has 6 nitrogen and oxygen atoms in total. The summed E-state index contributed by atoms with van der Waals surface area (Å²) in [5, 5.41) is 13.6. The molecule has 0 unspecified atom stereocenters. The van der Waals surface area contributed by atoms with E-state index in [0.717, 1.165) is 37.0 Å². The molecule has 1 amide bonds. The minimum absolute atomic E-state index is 0.0495. The summed E-state index contributed by atoms with van der Waals surface area (Å²) in [5.41, 5.74) is 0.454. The summed E-state index contributed by atoms with van der Waals surface area (Å²) in [6.07, 6.45) is 3.84. The first kappa shape index (κ1) is 17.9. The fourth-order valence-electron chi connectivity index (χ4n) is 2.78. The summed E-state index contributed by atoms with van der Waals surface area (Å²) in [4.78, 5) is 12.8. The van der Waals surface area contributed by atoms with Crippen molar-refractivity contribution in [2.45, 2.75) is 30.6 Å². The maximum atomic E-state index is 12.7. The second-order valence-corrected chi connectivity index (χ2v) is 8.82. The number of phenols is 1. The second-order valence-electron chi connectivity index (χ2n) is 5.97. The van der Waals surface area contributed by atoms with Gasteiger partial charge in [-0.1, -0.05) is 18.9 Å². The van der Waals surface area contributed by atoms with Gasteiger partial charge in [0.15, 0.2) is 0 Å². The predicted molar refractivity (Wildman–Crippen MR) is 97.6 cm³/mol. The molecule has 0 saturated carbocycles. The van der Waals surface area contributed by atoms with Gasteiger partial charge < -0.3 is 10.4 Å². The van der Waals surface area contributed by atoms with Gasteiger partial charge in [0, 0.05) is 30.2 Å². The van der Waals surface area contributed by atoms with Gasteiger partial charge in [0.2, 0.25) is 10.0 Å². The molecule has 8 heteroatoms. The summed E-state index contributed by atoms with van der Waals surface area (Å²) < 4.78 is 27.0. The molecular weight excluding hydrogens is 360 g/mol. The van der Waals surface area contributed by atoms with E-state index in [0.29, 0.717) is 23.7 Å². The van der Waals surface area contributed by atoms with E-state index in [4.69, 9.17) is 0 Å². The molecular formula is C17H20N2O4S2. The van der Waals surface area contributed by atoms with E-state index in [2.05, 4.69) is 5.32 Å². The van der Waals surface area contributed by atoms with Crippen LogP contribution in [0.25, 0.3) is 0 Å². The quantitative estimate of drug-likeness (QED) is 0.852. The van der Waals surface area contributed by atoms with E-state index >= 15 is 0 Å². The summed E-state index contributed by atoms with van der Waals surface area (Å²) >= 11 is 1.10. The maximum absolute atomic E-state index is 12.7. The number of nitrogens with zero attached hydrogens (tertiary/aromatic N) is 1. The largest absolute Gasteiger partial charge is 0.508 e. The number of hydrogen-bond donors (Lipinski definition) is 2. The number of aromatic hydroxyl groups is 1. The zero-order valence-electron chi connectivity index (χ0n) is 13.6. The van der Waals surface area contributed by atoms with Crippen LogP contribution < -0.4 is 5.32 Å². The van der Waals surface area contributed by atoms with Crippen molar-refractivity contribution < 1.29 is 18.3 Å². The Bertz CT molecular complexity index is 853. The number of carbonyl (C=O) groups is 1. The van der Waals surface area contributed by atoms with E-state index in [1.807, 2.05) is 0 Å². The van der Waals surface area contributed by atoms with Gasteiger partial charge in [-0.3, -0.25) is 4.79 Å². The summed E-state index contributed by atoms with van der Waals surface area (Å²) in [6, 6.07) is 7.63. The number of phenolic OH excluding ortho intramolecular Hbond substituents is 1. The molecule has 2 aromatic rings. The molecule has 0 atom stereocenters. The molecule has 0 aliphatic carbocycles. The monoisotopic (exact) mass is 380 g/mol. The van der Waals surface area contributed by atoms with Crippen LogP contribution in [-0.2, 0) is 10.0 Å². The lowest BCUT2D eigenvalue weighted by Crippen LogP contribution is -2.31. The zero-order valence-corrected chi connectivity index (χ0v) is 15.3. The van der Waals surface area contributed by atoms with Crippen LogP contribution in [0.5, 0.6) is 5.75 Å². The van der Waals surface area contributed by atoms with Crippen molar-refractivity contribution in [3.8, 4) is 5.75 Å². The summed E-state index contributed by atoms with van der Waals surface area (Å²) in [7, 11) is -3.55. The fourth-order valence-corrected chi connectivity index (χ4v) is 5.45. The minimum Gasteiger partial charge on any atom is -0.508 e. The number of amides is 1. The highest BCUT2D eigenvalue weighted by atomic mass is 32.2. The first-order valence-electron chi connectivity index (χ1n) is 8.16. The lowest BCUT2D eigenvalue weighted by atomic mass is 10.2. The smallest absolute Gasteiger partial charge is 0.265 e. The van der Waals surface area contributed by atoms with Crippen molar-refractivity contribution in [1.29, 1.82) is 0 Å². The Labute approximate surface area is 151 Å². The molecule has 25 heavy (non-hydrogen) atoms. The molecule has 1 saturated heterocycles. The highest BCUT2D eigenvalue weighted by Gasteiger charge is 2.27. The third kappa shape index (κ3) is 4.20. The van der Waals surface area contributed by atoms with Crippen LogP contribution in [-0.4, -0.2) is 36.8 Å². The highest BCUT2D eigenvalue weighted by Crippen LogP contribution is 2.26. The SMILES string of the molecule is O=C(Nc1cccc(O)c1)c1cc(S(=O)(=O)N2CCCCCC2)cs1. The molecule has 1 aromatic heterocycles. The molecule has 0 radical (unpaired) electrons. The van der Waals surface area contributed by atoms with Crippen LogP contribution in [0.4, 0.5) is 5.69 Å². The third-order valence-electron chi connectivity index (χ3n) is 4.11. The lowest BCUT2D eigenvalue weighted by molar-refractivity contribution is 0.103. The summed E-state index contributed by atoms with van der Waals surface area (Å²) in [6.45, 7) is 1.06. The first-order chi connectivity index (χ1) is 12.0. The van der Waals surface area contributed by atoms with Crippen molar-refractivity contribution in [2.75, 3.05) is 18.4 Å². The van der Waals surface area contributed by atoms with Gasteiger partial charge in [0.1, 0.15) is 5.75 Å². The first-order valence-corrected chi connectivity index (χ1v) is 10.5. The van der Waals surface area contributed by atoms with Crippen LogP contribution in [0.3, 0.4) is 0 Å². The Morgan fingerprint density at radius 2 is 1.84 bits per heavy atom. The lowest BCUT2D eigenvalue weighted by Gasteiger charge is -2.18. The van der Waals surface area contributed by atoms with Gasteiger partial charge in [0.05, 0.1) is 9.77 Å². The molecule has 134 valence electrons. The molecule has 2 heterocycles. The number of hydrogen-bond acceptors (Lipinski definition) is 5. The minimum atomic E-state index is -3.55. The number of carbonyl (C=O) groups excluding carboxylic acids is 1. The number of thiophene rings is 1. The van der Waals surface area contributed by atoms with E-state index in [1.54, 1.807) is 12.1 Å². The number of benzene rings is 1. The van der Waals surface area contributed by atoms with Crippen molar-refractivity contribution in [3.63, 3.8) is 0 Å². The average molecular weight is 380 g/mol. The topological polar surface area (TPSA) is 86.7 Å². The molecule has 0 bridgehead atoms. The Hall–Kier alpha value is -1.90. The van der Waals surface area contributed by atoms with Crippen LogP contribution in [0.15, 0.2) is 40.6 Å². The number of rotatable bonds is 4. The Morgan fingerprint density at radius 3 is 2.52 bits per heavy atom. The molecule has 2 N–H and O–H groups in total. The summed E-state index contributed by atoms with van der Waals surface area (Å²) in [5.74, 6) is -0.346. The third-order valence-corrected chi connectivity index (χ3v) is 7.06. The van der Waals surface area contributed by atoms with Crippen LogP contribution in [0, 0.1) is 0 Å². The average Bonchev–Trinajstić information content (AvgIpc) is 2.91. The van der Waals surface area contributed by atoms with E-state index < -0.39 is 15.9 Å². The van der Waals surface area contributed by atoms with E-state index in [9.17, 15) is 18.3 Å². The van der Waals surface area contributed by atoms with Crippen molar-refractivity contribution in [3.05, 3.63) is 40.6 Å². The highest BCUT2D eigenvalue weighted by molar-refractivity contribution is 7.89. The maximum Gasteiger partial charge on any atom is 0.265 e. The second kappa shape index (κ2) is 7.55. The number of nitrogens with one attached hydrogen (secondary N) is 1. The molecule has 1 aromatic carbocycles. The van der Waals surface area contributed by atoms with Gasteiger partial charge in [-0.2, -0.15) is 4.31 Å². The van der Waals surface area contributed by atoms with Gasteiger partial charge >= 0.3 is 0 Å². The fraction of sp³-hybridized carbons (Fsp3) is 0.353. The van der Waals surface area contributed by atoms with Crippen molar-refractivity contribution in [1.82, 2.24) is 4.31 Å². The molecule has 3 rings (SSSR count). The van der Waals surface area contributed by atoms with Crippen LogP contribution >= 0.6 is 11.3 Å². The zero-order chi connectivity index (χ0) is 17.9. The van der Waals surface area contributed by atoms with Crippen molar-refractivity contribution >= 4 is 33.0 Å². The Kier molecular flexibility index (Phi) is 5.41. The molecule has 0 spiro atoms. The standard InChI is InChI=1S/C17H20N2O4S2/c20-14-7-5-6-13(10-14)18-17(21)16-11-15(12-24-16)25(22,23)19-8-3-1-2-4-9-19/h5-7,10-12,20H,1-4,8-9H2,(H,18,21). The Balaban J connectivity index is 1.75. The van der Waals surface area contributed by atoms with E-state index in [-0.39, 0.29) is 10.6 Å². The van der Waals surface area contributed by atoms with Gasteiger partial charge in [-0.05, 0) is 31.0 Å². The number of anilines is 1.